The van der Waals surface area contributed by atoms with Crippen LogP contribution in [-0.4, -0.2) is 191 Å². The second-order valence-electron chi connectivity index (χ2n) is 21.8. The molecule has 3 aromatic rings. The SMILES string of the molecule is C/C(=N\C(=O)[C@@H](N)Cc1ccccc1)C(=O)N(C)[C@@H](Cc1ccccc1)C(=O)NCC(=O)N[C@@H](CC(C)C)C(=O)N[C@@H](C)C(=O)N[C@H](C(=O)N[C@@H](Cc1ccccc1)C(=O)N[C@@H](CC(=O)O)C(=O)N(C)[C@@H](C)C(=O)N[C@@H](CO)C(=O)NCC(N)=O)C(C)C. The number of benzene rings is 3. The Hall–Kier alpha value is -9.44. The number of carboxylic acid groups (broad SMARTS) is 1. The molecule has 28 nitrogen and oxygen atoms in total. The maximum atomic E-state index is 14.2. The Morgan fingerprint density at radius 3 is 1.56 bits per heavy atom. The minimum absolute atomic E-state index is 0.00427. The molecule has 0 aliphatic heterocycles. The van der Waals surface area contributed by atoms with Gasteiger partial charge < -0.3 is 74.0 Å². The fourth-order valence-electron chi connectivity index (χ4n) is 8.68. The molecule has 88 heavy (non-hydrogen) atoms. The maximum absolute atomic E-state index is 14.2. The van der Waals surface area contributed by atoms with Crippen molar-refractivity contribution < 1.29 is 72.5 Å². The van der Waals surface area contributed by atoms with Crippen molar-refractivity contribution in [3.8, 4) is 0 Å². The Kier molecular flexibility index (Phi) is 29.7. The van der Waals surface area contributed by atoms with Gasteiger partial charge in [-0.15, -0.1) is 0 Å². The number of nitrogens with one attached hydrogen (secondary N) is 8. The van der Waals surface area contributed by atoms with Crippen molar-refractivity contribution in [1.29, 1.82) is 0 Å². The van der Waals surface area contributed by atoms with Gasteiger partial charge in [0, 0.05) is 26.9 Å². The van der Waals surface area contributed by atoms with Crippen molar-refractivity contribution >= 4 is 82.6 Å². The predicted octanol–water partition coefficient (Wildman–Crippen LogP) is -2.48. The molecule has 0 saturated carbocycles. The molecular formula is C60H83N13O15. The van der Waals surface area contributed by atoms with Gasteiger partial charge >= 0.3 is 5.97 Å². The molecule has 0 aromatic heterocycles. The van der Waals surface area contributed by atoms with E-state index in [1.807, 2.05) is 6.07 Å². The first-order chi connectivity index (χ1) is 41.4. The van der Waals surface area contributed by atoms with E-state index in [9.17, 15) is 72.5 Å². The third kappa shape index (κ3) is 24.1. The van der Waals surface area contributed by atoms with E-state index in [4.69, 9.17) is 11.5 Å². The number of rotatable bonds is 34. The molecule has 14 N–H and O–H groups in total. The number of aliphatic hydroxyl groups excluding tert-OH is 1. The first kappa shape index (κ1) is 72.8. The smallest absolute Gasteiger partial charge is 0.305 e. The molecule has 9 atom stereocenters. The van der Waals surface area contributed by atoms with Crippen LogP contribution in [0.1, 0.15) is 78.0 Å². The largest absolute Gasteiger partial charge is 0.481 e. The highest BCUT2D eigenvalue weighted by Gasteiger charge is 2.37. The van der Waals surface area contributed by atoms with Crippen LogP contribution >= 0.6 is 0 Å². The second-order valence-corrected chi connectivity index (χ2v) is 21.8. The Morgan fingerprint density at radius 1 is 0.545 bits per heavy atom. The number of amides is 12. The molecule has 0 heterocycles. The summed E-state index contributed by atoms with van der Waals surface area (Å²) in [6.45, 7) is 8.42. The third-order valence-electron chi connectivity index (χ3n) is 13.8. The van der Waals surface area contributed by atoms with E-state index in [1.165, 1.54) is 27.8 Å². The Balaban J connectivity index is 1.75. The molecule has 0 unspecified atom stereocenters. The molecule has 478 valence electrons. The number of nitrogens with two attached hydrogens (primary N) is 2. The van der Waals surface area contributed by atoms with Crippen LogP contribution in [0.5, 0.6) is 0 Å². The molecule has 3 rings (SSSR count). The molecule has 0 spiro atoms. The van der Waals surface area contributed by atoms with Crippen LogP contribution in [0.4, 0.5) is 0 Å². The normalized spacial score (nSPS) is 14.3. The molecular weight excluding hydrogens is 1140 g/mol. The van der Waals surface area contributed by atoms with Gasteiger partial charge in [-0.2, -0.15) is 0 Å². The van der Waals surface area contributed by atoms with Gasteiger partial charge in [-0.3, -0.25) is 62.3 Å². The summed E-state index contributed by atoms with van der Waals surface area (Å²) in [6.07, 6.45) is -0.975. The molecule has 0 fully saturated rings. The molecule has 12 amide bonds. The number of carbonyl (C=O) groups excluding carboxylic acids is 12. The first-order valence-corrected chi connectivity index (χ1v) is 28.4. The number of hydrogen-bond donors (Lipinski definition) is 12. The average molecular weight is 1230 g/mol. The van der Waals surface area contributed by atoms with Gasteiger partial charge in [0.25, 0.3) is 11.8 Å². The lowest BCUT2D eigenvalue weighted by Crippen LogP contribution is -2.61. The van der Waals surface area contributed by atoms with Gasteiger partial charge in [0.05, 0.1) is 32.2 Å². The number of primary amides is 1. The average Bonchev–Trinajstić information content (AvgIpc) is 2.46. The summed E-state index contributed by atoms with van der Waals surface area (Å²) in [6, 6.07) is 13.4. The number of nitrogens with zero attached hydrogens (tertiary/aromatic N) is 3. The molecule has 28 heteroatoms. The van der Waals surface area contributed by atoms with Gasteiger partial charge in [-0.1, -0.05) is 119 Å². The maximum Gasteiger partial charge on any atom is 0.305 e. The van der Waals surface area contributed by atoms with Crippen molar-refractivity contribution in [3.05, 3.63) is 108 Å². The summed E-state index contributed by atoms with van der Waals surface area (Å²) >= 11 is 0. The zero-order valence-corrected chi connectivity index (χ0v) is 50.9. The molecule has 3 aromatic carbocycles. The zero-order chi connectivity index (χ0) is 65.9. The van der Waals surface area contributed by atoms with Gasteiger partial charge in [0.15, 0.2) is 0 Å². The van der Waals surface area contributed by atoms with Crippen molar-refractivity contribution in [2.75, 3.05) is 33.8 Å². The number of hydrogen-bond acceptors (Lipinski definition) is 15. The highest BCUT2D eigenvalue weighted by atomic mass is 16.4. The topological polar surface area (TPSA) is 429 Å². The number of likely N-dealkylation sites (N-methyl/N-ethyl adjacent to an activating group) is 2. The summed E-state index contributed by atoms with van der Waals surface area (Å²) in [5, 5.41) is 39.1. The van der Waals surface area contributed by atoms with Gasteiger partial charge in [-0.05, 0) is 62.1 Å². The highest BCUT2D eigenvalue weighted by Crippen LogP contribution is 2.14. The minimum atomic E-state index is -1.84. The molecule has 0 bridgehead atoms. The first-order valence-electron chi connectivity index (χ1n) is 28.4. The van der Waals surface area contributed by atoms with E-state index in [-0.39, 0.29) is 37.3 Å². The quantitative estimate of drug-likeness (QED) is 0.0276. The fourth-order valence-corrected chi connectivity index (χ4v) is 8.68. The van der Waals surface area contributed by atoms with Crippen LogP contribution < -0.4 is 54.0 Å². The van der Waals surface area contributed by atoms with Crippen LogP contribution in [0.15, 0.2) is 96.0 Å². The predicted molar refractivity (Wildman–Crippen MR) is 321 cm³/mol. The number of aliphatic hydroxyl groups is 1. The molecule has 0 radical (unpaired) electrons. The number of carboxylic acids is 1. The van der Waals surface area contributed by atoms with Gasteiger partial charge in [0.2, 0.25) is 59.1 Å². The Bertz CT molecular complexity index is 2970. The van der Waals surface area contributed by atoms with E-state index in [0.717, 1.165) is 22.4 Å². The van der Waals surface area contributed by atoms with Gasteiger partial charge in [-0.25, -0.2) is 4.99 Å². The van der Waals surface area contributed by atoms with Crippen LogP contribution in [0.2, 0.25) is 0 Å². The highest BCUT2D eigenvalue weighted by molar-refractivity contribution is 6.39. The minimum Gasteiger partial charge on any atom is -0.481 e. The lowest BCUT2D eigenvalue weighted by Gasteiger charge is -2.30. The molecule has 0 aliphatic carbocycles. The summed E-state index contributed by atoms with van der Waals surface area (Å²) in [7, 11) is 2.47. The summed E-state index contributed by atoms with van der Waals surface area (Å²) < 4.78 is 0. The standard InChI is InChI=1S/C60H83N13O15/c1-33(2)25-42(67-48(76)31-64-57(85)46(28-40-23-17-12-18-24-40)73(9)59(87)36(6)66-53(81)41(61)26-38-19-13-10-14-20-38)55(83)65-35(5)51(79)71-50(34(3)4)58(86)68-43(27-39-21-15-11-16-22-39)56(84)69-44(29-49(77)78)60(88)72(8)37(7)52(80)70-45(32-74)54(82)63-30-47(62)75/h10-24,33-35,37,41-46,50,74H,25-32,61H2,1-9H3,(H2,62,75)(H,63,82)(H,64,85)(H,65,83)(H,67,76)(H,68,86)(H,69,84)(H,70,80)(H,71,79)(H,77,78)/b66-36+/t35-,37-,41-,42-,43-,44-,45-,46-,50-/m0/s1. The molecule has 0 aliphatic rings. The van der Waals surface area contributed by atoms with Crippen LogP contribution in [0.25, 0.3) is 0 Å². The monoisotopic (exact) mass is 1230 g/mol. The second kappa shape index (κ2) is 35.9. The lowest BCUT2D eigenvalue weighted by atomic mass is 10.00. The van der Waals surface area contributed by atoms with Crippen LogP contribution in [-0.2, 0) is 81.6 Å². The summed E-state index contributed by atoms with van der Waals surface area (Å²) in [5.74, 6) is -13.0. The molecule has 0 saturated heterocycles. The number of aliphatic carboxylic acids is 1. The van der Waals surface area contributed by atoms with Crippen molar-refractivity contribution in [1.82, 2.24) is 52.3 Å². The fraction of sp³-hybridized carbons (Fsp3) is 0.467. The van der Waals surface area contributed by atoms with E-state index in [1.54, 1.807) is 113 Å². The summed E-state index contributed by atoms with van der Waals surface area (Å²) in [5.41, 5.74) is 12.9. The number of aliphatic imine (C=N–C) groups is 1. The van der Waals surface area contributed by atoms with E-state index < -0.39 is 163 Å². The van der Waals surface area contributed by atoms with E-state index in [2.05, 4.69) is 47.5 Å². The van der Waals surface area contributed by atoms with E-state index in [0.29, 0.717) is 11.1 Å². The van der Waals surface area contributed by atoms with Crippen LogP contribution in [0, 0.1) is 11.8 Å². The van der Waals surface area contributed by atoms with Gasteiger partial charge in [0.1, 0.15) is 54.0 Å². The number of carbonyl (C=O) groups is 13. The van der Waals surface area contributed by atoms with Crippen molar-refractivity contribution in [2.24, 2.45) is 28.3 Å². The third-order valence-corrected chi connectivity index (χ3v) is 13.8. The zero-order valence-electron chi connectivity index (χ0n) is 50.9. The Morgan fingerprint density at radius 2 is 1.05 bits per heavy atom. The van der Waals surface area contributed by atoms with E-state index >= 15 is 0 Å². The van der Waals surface area contributed by atoms with Crippen LogP contribution in [0.3, 0.4) is 0 Å². The lowest BCUT2D eigenvalue weighted by molar-refractivity contribution is -0.146. The Labute approximate surface area is 510 Å². The summed E-state index contributed by atoms with van der Waals surface area (Å²) in [4.78, 5) is 179. The van der Waals surface area contributed by atoms with Crippen molar-refractivity contribution in [3.63, 3.8) is 0 Å². The van der Waals surface area contributed by atoms with Crippen molar-refractivity contribution in [2.45, 2.75) is 135 Å².